The second kappa shape index (κ2) is 9.41. The number of carbonyl (C=O) groups is 1. The molecule has 0 saturated carbocycles. The van der Waals surface area contributed by atoms with Crippen molar-refractivity contribution in [1.82, 2.24) is 0 Å². The summed E-state index contributed by atoms with van der Waals surface area (Å²) in [6.07, 6.45) is 2.30. The van der Waals surface area contributed by atoms with Crippen molar-refractivity contribution in [3.63, 3.8) is 0 Å². The molecule has 0 bridgehead atoms. The minimum Gasteiger partial charge on any atom is -0.497 e. The van der Waals surface area contributed by atoms with Gasteiger partial charge >= 0.3 is 0 Å². The summed E-state index contributed by atoms with van der Waals surface area (Å²) in [6.45, 7) is 0. The van der Waals surface area contributed by atoms with Crippen LogP contribution < -0.4 is 9.64 Å². The van der Waals surface area contributed by atoms with Gasteiger partial charge in [0, 0.05) is 0 Å². The lowest BCUT2D eigenvalue weighted by Gasteiger charge is -2.15. The van der Waals surface area contributed by atoms with Crippen LogP contribution in [0.5, 0.6) is 5.75 Å². The summed E-state index contributed by atoms with van der Waals surface area (Å²) < 4.78 is 5.22. The molecule has 6 heteroatoms. The Balaban J connectivity index is 1.59. The molecule has 0 spiro atoms. The normalized spacial score (nSPS) is 17.8. The van der Waals surface area contributed by atoms with Crippen molar-refractivity contribution >= 4 is 34.7 Å². The lowest BCUT2D eigenvalue weighted by atomic mass is 10.1. The molecule has 1 heterocycles. The molecule has 150 valence electrons. The summed E-state index contributed by atoms with van der Waals surface area (Å²) in [5.41, 5.74) is 2.82. The van der Waals surface area contributed by atoms with Gasteiger partial charge in [0.1, 0.15) is 5.75 Å². The first kappa shape index (κ1) is 19.9. The number of methoxy groups -OCH3 is 1. The minimum absolute atomic E-state index is 0.00989. The Bertz CT molecular complexity index is 1050. The van der Waals surface area contributed by atoms with Gasteiger partial charge in [-0.1, -0.05) is 72.4 Å². The Labute approximate surface area is 180 Å². The number of hydrogen-bond donors (Lipinski definition) is 0. The number of anilines is 1. The third-order valence-corrected chi connectivity index (χ3v) is 5.81. The van der Waals surface area contributed by atoms with Crippen LogP contribution in [0.4, 0.5) is 5.69 Å². The summed E-state index contributed by atoms with van der Waals surface area (Å²) in [7, 11) is 1.64. The highest BCUT2D eigenvalue weighted by atomic mass is 32.2. The van der Waals surface area contributed by atoms with E-state index in [1.54, 1.807) is 18.2 Å². The van der Waals surface area contributed by atoms with Crippen LogP contribution in [-0.2, 0) is 11.2 Å². The Morgan fingerprint density at radius 3 is 2.30 bits per heavy atom. The van der Waals surface area contributed by atoms with E-state index in [-0.39, 0.29) is 11.2 Å². The topological polar surface area (TPSA) is 54.3 Å². The van der Waals surface area contributed by atoms with Crippen LogP contribution in [0.3, 0.4) is 0 Å². The van der Waals surface area contributed by atoms with Crippen molar-refractivity contribution in [2.75, 3.05) is 12.0 Å². The number of carbonyl (C=O) groups excluding carboxylic acids is 1. The van der Waals surface area contributed by atoms with Crippen molar-refractivity contribution in [1.29, 1.82) is 0 Å². The number of ether oxygens (including phenoxy) is 1. The standard InChI is InChI=1S/C24H21N3O2S/c1-29-21-14-12-18(13-15-21)16-22-23(28)27(20-10-6-3-7-11-20)24(30-22)26-25-17-19-8-4-2-5-9-19/h2-15,17,22H,16H2,1H3/b25-17-,26-24-/t22-/m1/s1. The van der Waals surface area contributed by atoms with Gasteiger partial charge in [-0.15, -0.1) is 5.10 Å². The first-order valence-corrected chi connectivity index (χ1v) is 10.5. The van der Waals surface area contributed by atoms with Crippen LogP contribution in [0.15, 0.2) is 95.1 Å². The molecular formula is C24H21N3O2S. The molecule has 0 N–H and O–H groups in total. The van der Waals surface area contributed by atoms with Crippen molar-refractivity contribution in [2.24, 2.45) is 10.2 Å². The monoisotopic (exact) mass is 415 g/mol. The van der Waals surface area contributed by atoms with E-state index in [1.807, 2.05) is 84.9 Å². The van der Waals surface area contributed by atoms with Gasteiger partial charge in [0.25, 0.3) is 0 Å². The molecule has 1 fully saturated rings. The third kappa shape index (κ3) is 4.60. The molecule has 0 aromatic heterocycles. The van der Waals surface area contributed by atoms with Crippen molar-refractivity contribution in [3.05, 3.63) is 96.1 Å². The van der Waals surface area contributed by atoms with Crippen molar-refractivity contribution in [3.8, 4) is 5.75 Å². The quantitative estimate of drug-likeness (QED) is 0.430. The van der Waals surface area contributed by atoms with E-state index < -0.39 is 0 Å². The van der Waals surface area contributed by atoms with E-state index in [4.69, 9.17) is 4.74 Å². The molecule has 1 atom stereocenters. The van der Waals surface area contributed by atoms with E-state index in [2.05, 4.69) is 10.2 Å². The third-order valence-electron chi connectivity index (χ3n) is 4.68. The van der Waals surface area contributed by atoms with Gasteiger partial charge in [0.2, 0.25) is 5.91 Å². The molecule has 3 aromatic carbocycles. The number of nitrogens with zero attached hydrogens (tertiary/aromatic N) is 3. The molecule has 1 amide bonds. The summed E-state index contributed by atoms with van der Waals surface area (Å²) in [5.74, 6) is 0.809. The van der Waals surface area contributed by atoms with E-state index >= 15 is 0 Å². The zero-order valence-electron chi connectivity index (χ0n) is 16.5. The Kier molecular flexibility index (Phi) is 6.25. The fourth-order valence-corrected chi connectivity index (χ4v) is 4.27. The SMILES string of the molecule is COc1ccc(C[C@H]2S/C(=N\N=C/c3ccccc3)N(c3ccccc3)C2=O)cc1. The van der Waals surface area contributed by atoms with Crippen LogP contribution in [0.1, 0.15) is 11.1 Å². The second-order valence-corrected chi connectivity index (χ2v) is 7.88. The largest absolute Gasteiger partial charge is 0.497 e. The predicted molar refractivity (Wildman–Crippen MR) is 123 cm³/mol. The van der Waals surface area contributed by atoms with Crippen LogP contribution in [0.25, 0.3) is 0 Å². The summed E-state index contributed by atoms with van der Waals surface area (Å²) in [4.78, 5) is 14.9. The van der Waals surface area contributed by atoms with Gasteiger partial charge < -0.3 is 4.74 Å². The Morgan fingerprint density at radius 1 is 0.967 bits per heavy atom. The first-order chi connectivity index (χ1) is 14.7. The maximum Gasteiger partial charge on any atom is 0.247 e. The lowest BCUT2D eigenvalue weighted by molar-refractivity contribution is -0.116. The van der Waals surface area contributed by atoms with E-state index in [1.165, 1.54) is 11.8 Å². The molecule has 1 aliphatic heterocycles. The molecular weight excluding hydrogens is 394 g/mol. The highest BCUT2D eigenvalue weighted by Gasteiger charge is 2.39. The molecule has 1 saturated heterocycles. The highest BCUT2D eigenvalue weighted by molar-refractivity contribution is 8.16. The smallest absolute Gasteiger partial charge is 0.247 e. The van der Waals surface area contributed by atoms with E-state index in [0.717, 1.165) is 22.6 Å². The Morgan fingerprint density at radius 2 is 1.63 bits per heavy atom. The van der Waals surface area contributed by atoms with Gasteiger partial charge in [-0.2, -0.15) is 5.10 Å². The van der Waals surface area contributed by atoms with Gasteiger partial charge in [-0.3, -0.25) is 9.69 Å². The molecule has 3 aromatic rings. The highest BCUT2D eigenvalue weighted by Crippen LogP contribution is 2.34. The van der Waals surface area contributed by atoms with Gasteiger partial charge in [0.05, 0.1) is 24.3 Å². The predicted octanol–water partition coefficient (Wildman–Crippen LogP) is 4.78. The number of amidine groups is 1. The molecule has 5 nitrogen and oxygen atoms in total. The number of hydrogen-bond acceptors (Lipinski definition) is 5. The molecule has 4 rings (SSSR count). The minimum atomic E-state index is -0.260. The molecule has 0 aliphatic carbocycles. The molecule has 0 unspecified atom stereocenters. The fourth-order valence-electron chi connectivity index (χ4n) is 3.14. The number of benzene rings is 3. The first-order valence-electron chi connectivity index (χ1n) is 9.59. The van der Waals surface area contributed by atoms with Crippen LogP contribution >= 0.6 is 11.8 Å². The summed E-state index contributed by atoms with van der Waals surface area (Å²) in [5, 5.41) is 8.93. The van der Waals surface area contributed by atoms with Crippen molar-refractivity contribution in [2.45, 2.75) is 11.7 Å². The average Bonchev–Trinajstić information content (AvgIpc) is 3.10. The van der Waals surface area contributed by atoms with Crippen LogP contribution in [-0.4, -0.2) is 29.6 Å². The molecule has 1 aliphatic rings. The van der Waals surface area contributed by atoms with Crippen LogP contribution in [0.2, 0.25) is 0 Å². The van der Waals surface area contributed by atoms with Gasteiger partial charge in [0.15, 0.2) is 5.17 Å². The number of rotatable bonds is 6. The summed E-state index contributed by atoms with van der Waals surface area (Å²) >= 11 is 1.44. The lowest BCUT2D eigenvalue weighted by Crippen LogP contribution is -2.32. The number of thioether (sulfide) groups is 1. The number of amides is 1. The maximum atomic E-state index is 13.2. The van der Waals surface area contributed by atoms with Gasteiger partial charge in [-0.25, -0.2) is 0 Å². The Hall–Kier alpha value is -3.38. The van der Waals surface area contributed by atoms with Crippen LogP contribution in [0, 0.1) is 0 Å². The van der Waals surface area contributed by atoms with Crippen molar-refractivity contribution < 1.29 is 9.53 Å². The second-order valence-electron chi connectivity index (χ2n) is 6.71. The average molecular weight is 416 g/mol. The zero-order chi connectivity index (χ0) is 20.8. The fraction of sp³-hybridized carbons (Fsp3) is 0.125. The zero-order valence-corrected chi connectivity index (χ0v) is 17.3. The van der Waals surface area contributed by atoms with E-state index in [0.29, 0.717) is 11.6 Å². The molecule has 30 heavy (non-hydrogen) atoms. The van der Waals surface area contributed by atoms with Gasteiger partial charge in [-0.05, 0) is 41.8 Å². The maximum absolute atomic E-state index is 13.2. The number of para-hydroxylation sites is 1. The molecule has 0 radical (unpaired) electrons. The van der Waals surface area contributed by atoms with E-state index in [9.17, 15) is 4.79 Å². The summed E-state index contributed by atoms with van der Waals surface area (Å²) in [6, 6.07) is 27.1.